The number of hydrogen-bond acceptors (Lipinski definition) is 2. The average molecular weight is 251 g/mol. The second-order valence-corrected chi connectivity index (χ2v) is 6.20. The summed E-state index contributed by atoms with van der Waals surface area (Å²) >= 11 is 2.03. The highest BCUT2D eigenvalue weighted by atomic mass is 32.2. The summed E-state index contributed by atoms with van der Waals surface area (Å²) in [6.45, 7) is 10.00. The van der Waals surface area contributed by atoms with Crippen molar-refractivity contribution in [2.75, 3.05) is 12.3 Å². The Morgan fingerprint density at radius 1 is 1.24 bits per heavy atom. The van der Waals surface area contributed by atoms with Gasteiger partial charge in [-0.05, 0) is 30.7 Å². The first-order chi connectivity index (χ1) is 8.08. The van der Waals surface area contributed by atoms with Gasteiger partial charge in [0.05, 0.1) is 0 Å². The number of aryl methyl sites for hydroxylation is 1. The molecular formula is C15H25NS. The molecule has 0 saturated carbocycles. The van der Waals surface area contributed by atoms with Gasteiger partial charge in [-0.3, -0.25) is 0 Å². The van der Waals surface area contributed by atoms with Gasteiger partial charge in [0.1, 0.15) is 0 Å². The molecule has 0 spiro atoms. The van der Waals surface area contributed by atoms with Gasteiger partial charge in [0.2, 0.25) is 0 Å². The van der Waals surface area contributed by atoms with Crippen LogP contribution in [-0.2, 0) is 5.75 Å². The maximum Gasteiger partial charge on any atom is 0.0184 e. The zero-order valence-corrected chi connectivity index (χ0v) is 12.3. The van der Waals surface area contributed by atoms with Gasteiger partial charge >= 0.3 is 0 Å². The van der Waals surface area contributed by atoms with Crippen molar-refractivity contribution in [3.8, 4) is 0 Å². The minimum atomic E-state index is 0.597. The molecule has 0 aliphatic heterocycles. The fourth-order valence-corrected chi connectivity index (χ4v) is 2.73. The van der Waals surface area contributed by atoms with E-state index >= 15 is 0 Å². The highest BCUT2D eigenvalue weighted by molar-refractivity contribution is 7.98. The quantitative estimate of drug-likeness (QED) is 0.789. The summed E-state index contributed by atoms with van der Waals surface area (Å²) in [4.78, 5) is 0. The number of rotatable bonds is 7. The molecule has 0 saturated heterocycles. The van der Waals surface area contributed by atoms with Crippen molar-refractivity contribution in [2.24, 2.45) is 5.92 Å². The Bertz CT molecular complexity index is 322. The first kappa shape index (κ1) is 14.6. The molecule has 0 amide bonds. The minimum absolute atomic E-state index is 0.597. The largest absolute Gasteiger partial charge is 0.314 e. The number of nitrogens with one attached hydrogen (secondary N) is 1. The van der Waals surface area contributed by atoms with E-state index in [1.807, 2.05) is 11.8 Å². The molecule has 0 aliphatic carbocycles. The molecule has 1 N–H and O–H groups in total. The number of hydrogen-bond donors (Lipinski definition) is 1. The molecule has 17 heavy (non-hydrogen) atoms. The molecule has 0 radical (unpaired) electrons. The summed E-state index contributed by atoms with van der Waals surface area (Å²) < 4.78 is 0. The second-order valence-electron chi connectivity index (χ2n) is 5.17. The lowest BCUT2D eigenvalue weighted by Gasteiger charge is -2.14. The molecule has 0 fully saturated rings. The smallest absolute Gasteiger partial charge is 0.0184 e. The average Bonchev–Trinajstić information content (AvgIpc) is 2.26. The van der Waals surface area contributed by atoms with Crippen LogP contribution in [0.2, 0.25) is 0 Å². The summed E-state index contributed by atoms with van der Waals surface area (Å²) in [7, 11) is 0. The molecule has 0 aromatic heterocycles. The van der Waals surface area contributed by atoms with Crippen LogP contribution in [-0.4, -0.2) is 18.3 Å². The van der Waals surface area contributed by atoms with E-state index in [0.717, 1.165) is 18.2 Å². The van der Waals surface area contributed by atoms with Crippen LogP contribution >= 0.6 is 11.8 Å². The van der Waals surface area contributed by atoms with Crippen molar-refractivity contribution < 1.29 is 0 Å². The first-order valence-corrected chi connectivity index (χ1v) is 7.60. The third-order valence-corrected chi connectivity index (χ3v) is 3.97. The van der Waals surface area contributed by atoms with E-state index in [-0.39, 0.29) is 0 Å². The Hall–Kier alpha value is -0.470. The molecule has 1 unspecified atom stereocenters. The van der Waals surface area contributed by atoms with Gasteiger partial charge in [0.25, 0.3) is 0 Å². The Morgan fingerprint density at radius 3 is 2.65 bits per heavy atom. The zero-order chi connectivity index (χ0) is 12.7. The lowest BCUT2D eigenvalue weighted by atomic mass is 10.2. The second kappa shape index (κ2) is 7.78. The van der Waals surface area contributed by atoms with E-state index in [2.05, 4.69) is 57.3 Å². The Balaban J connectivity index is 2.19. The van der Waals surface area contributed by atoms with E-state index in [9.17, 15) is 0 Å². The first-order valence-electron chi connectivity index (χ1n) is 6.44. The van der Waals surface area contributed by atoms with Crippen LogP contribution in [0, 0.1) is 12.8 Å². The molecule has 0 aliphatic rings. The van der Waals surface area contributed by atoms with E-state index in [4.69, 9.17) is 0 Å². The van der Waals surface area contributed by atoms with Gasteiger partial charge in [-0.2, -0.15) is 11.8 Å². The van der Waals surface area contributed by atoms with Crippen LogP contribution in [0.4, 0.5) is 0 Å². The van der Waals surface area contributed by atoms with Gasteiger partial charge in [-0.25, -0.2) is 0 Å². The molecule has 0 bridgehead atoms. The van der Waals surface area contributed by atoms with E-state index < -0.39 is 0 Å². The molecule has 1 aromatic carbocycles. The molecule has 2 heteroatoms. The van der Waals surface area contributed by atoms with Crippen LogP contribution < -0.4 is 5.32 Å². The van der Waals surface area contributed by atoms with Gasteiger partial charge < -0.3 is 5.32 Å². The summed E-state index contributed by atoms with van der Waals surface area (Å²) in [6, 6.07) is 9.40. The van der Waals surface area contributed by atoms with Gasteiger partial charge in [0, 0.05) is 11.8 Å². The summed E-state index contributed by atoms with van der Waals surface area (Å²) in [5, 5.41) is 3.49. The third-order valence-electron chi connectivity index (χ3n) is 2.63. The van der Waals surface area contributed by atoms with Crippen LogP contribution in [0.5, 0.6) is 0 Å². The maximum absolute atomic E-state index is 3.49. The fraction of sp³-hybridized carbons (Fsp3) is 0.600. The predicted molar refractivity (Wildman–Crippen MR) is 79.6 cm³/mol. The van der Waals surface area contributed by atoms with Gasteiger partial charge in [0.15, 0.2) is 0 Å². The maximum atomic E-state index is 3.49. The molecule has 1 atom stereocenters. The predicted octanol–water partition coefficient (Wildman–Crippen LogP) is 3.86. The van der Waals surface area contributed by atoms with Crippen LogP contribution in [0.25, 0.3) is 0 Å². The summed E-state index contributed by atoms with van der Waals surface area (Å²) in [5.74, 6) is 3.11. The van der Waals surface area contributed by atoms with Crippen molar-refractivity contribution in [3.63, 3.8) is 0 Å². The van der Waals surface area contributed by atoms with Crippen molar-refractivity contribution in [3.05, 3.63) is 35.4 Å². The lowest BCUT2D eigenvalue weighted by molar-refractivity contribution is 0.510. The molecule has 1 rings (SSSR count). The topological polar surface area (TPSA) is 12.0 Å². The normalized spacial score (nSPS) is 13.0. The summed E-state index contributed by atoms with van der Waals surface area (Å²) in [6.07, 6.45) is 0. The van der Waals surface area contributed by atoms with Gasteiger partial charge in [-0.15, -0.1) is 0 Å². The highest BCUT2D eigenvalue weighted by Gasteiger charge is 2.03. The lowest BCUT2D eigenvalue weighted by Crippen LogP contribution is -2.28. The van der Waals surface area contributed by atoms with Crippen LogP contribution in [0.3, 0.4) is 0 Å². The van der Waals surface area contributed by atoms with Crippen molar-refractivity contribution in [1.82, 2.24) is 5.32 Å². The molecule has 0 heterocycles. The van der Waals surface area contributed by atoms with Crippen LogP contribution in [0.15, 0.2) is 24.3 Å². The molecule has 1 nitrogen and oxygen atoms in total. The molecule has 96 valence electrons. The van der Waals surface area contributed by atoms with Crippen molar-refractivity contribution in [1.29, 1.82) is 0 Å². The standard InChI is InChI=1S/C15H25NS/c1-12(2)16-9-14(4)10-17-11-15-7-5-6-13(3)8-15/h5-8,12,14,16H,9-11H2,1-4H3. The van der Waals surface area contributed by atoms with Crippen molar-refractivity contribution >= 4 is 11.8 Å². The molecule has 1 aromatic rings. The monoisotopic (exact) mass is 251 g/mol. The van der Waals surface area contributed by atoms with E-state index in [1.54, 1.807) is 0 Å². The zero-order valence-electron chi connectivity index (χ0n) is 11.5. The Kier molecular flexibility index (Phi) is 6.68. The van der Waals surface area contributed by atoms with E-state index in [1.165, 1.54) is 16.9 Å². The highest BCUT2D eigenvalue weighted by Crippen LogP contribution is 2.16. The SMILES string of the molecule is Cc1cccc(CSCC(C)CNC(C)C)c1. The van der Waals surface area contributed by atoms with Gasteiger partial charge in [-0.1, -0.05) is 50.6 Å². The van der Waals surface area contributed by atoms with Crippen LogP contribution in [0.1, 0.15) is 31.9 Å². The van der Waals surface area contributed by atoms with Crippen molar-refractivity contribution in [2.45, 2.75) is 39.5 Å². The summed E-state index contributed by atoms with van der Waals surface area (Å²) in [5.41, 5.74) is 2.80. The molecular weight excluding hydrogens is 226 g/mol. The number of benzene rings is 1. The van der Waals surface area contributed by atoms with E-state index in [0.29, 0.717) is 6.04 Å². The minimum Gasteiger partial charge on any atom is -0.314 e. The third kappa shape index (κ3) is 6.75. The Labute approximate surface area is 110 Å². The fourth-order valence-electron chi connectivity index (χ4n) is 1.68. The number of thioether (sulfide) groups is 1. The Morgan fingerprint density at radius 2 is 2.00 bits per heavy atom.